The Morgan fingerprint density at radius 3 is 2.50 bits per heavy atom. The van der Waals surface area contributed by atoms with E-state index in [4.69, 9.17) is 0 Å². The molecular weight excluding hydrogens is 315 g/mol. The van der Waals surface area contributed by atoms with Crippen molar-refractivity contribution in [3.05, 3.63) is 58.9 Å². The molecule has 7 heteroatoms. The maximum Gasteiger partial charge on any atom is 0.264 e. The minimum atomic E-state index is -4.08. The van der Waals surface area contributed by atoms with Crippen LogP contribution in [0.15, 0.2) is 35.2 Å². The molecule has 1 heterocycles. The number of anilines is 1. The molecule has 1 aliphatic rings. The molecule has 0 radical (unpaired) electrons. The summed E-state index contributed by atoms with van der Waals surface area (Å²) in [6, 6.07) is 5.13. The highest BCUT2D eigenvalue weighted by molar-refractivity contribution is 7.93. The summed E-state index contributed by atoms with van der Waals surface area (Å²) < 4.78 is 66.9. The van der Waals surface area contributed by atoms with Crippen LogP contribution < -0.4 is 4.31 Å². The van der Waals surface area contributed by atoms with Gasteiger partial charge < -0.3 is 0 Å². The third-order valence-electron chi connectivity index (χ3n) is 3.69. The monoisotopic (exact) mass is 327 g/mol. The highest BCUT2D eigenvalue weighted by Gasteiger charge is 2.34. The average molecular weight is 327 g/mol. The summed E-state index contributed by atoms with van der Waals surface area (Å²) in [5.74, 6) is -2.31. The second-order valence-corrected chi connectivity index (χ2v) is 6.95. The maximum absolute atomic E-state index is 13.7. The zero-order valence-corrected chi connectivity index (χ0v) is 12.4. The lowest BCUT2D eigenvalue weighted by molar-refractivity contribution is 0.577. The highest BCUT2D eigenvalue weighted by atomic mass is 32.2. The Kier molecular flexibility index (Phi) is 3.40. The van der Waals surface area contributed by atoms with Gasteiger partial charge in [0.2, 0.25) is 0 Å². The quantitative estimate of drug-likeness (QED) is 0.850. The highest BCUT2D eigenvalue weighted by Crippen LogP contribution is 2.36. The van der Waals surface area contributed by atoms with E-state index in [2.05, 4.69) is 0 Å². The Balaban J connectivity index is 2.16. The summed E-state index contributed by atoms with van der Waals surface area (Å²) in [4.78, 5) is -0.204. The van der Waals surface area contributed by atoms with Crippen LogP contribution in [0.3, 0.4) is 0 Å². The number of benzene rings is 2. The maximum atomic E-state index is 13.7. The van der Waals surface area contributed by atoms with Crippen molar-refractivity contribution in [3.8, 4) is 0 Å². The summed E-state index contributed by atoms with van der Waals surface area (Å²) in [6.07, 6.45) is 0.148. The van der Waals surface area contributed by atoms with E-state index in [9.17, 15) is 21.6 Å². The first-order chi connectivity index (χ1) is 10.3. The predicted molar refractivity (Wildman–Crippen MR) is 75.7 cm³/mol. The second kappa shape index (κ2) is 5.01. The molecule has 0 spiro atoms. The number of aryl methyl sites for hydroxylation is 1. The fourth-order valence-electron chi connectivity index (χ4n) is 2.61. The van der Waals surface area contributed by atoms with Gasteiger partial charge in [-0.15, -0.1) is 0 Å². The normalized spacial score (nSPS) is 14.3. The molecule has 0 aromatic heterocycles. The number of halogens is 3. The SMILES string of the molecule is Cc1ccc(F)cc1S(=O)(=O)N1CCc2c(F)cc(F)cc21. The minimum absolute atomic E-state index is 0.00596. The molecule has 1 aliphatic heterocycles. The van der Waals surface area contributed by atoms with Gasteiger partial charge in [0.25, 0.3) is 10.0 Å². The molecule has 0 saturated heterocycles. The molecule has 0 atom stereocenters. The van der Waals surface area contributed by atoms with E-state index >= 15 is 0 Å². The van der Waals surface area contributed by atoms with E-state index in [1.54, 1.807) is 0 Å². The lowest BCUT2D eigenvalue weighted by atomic mass is 10.1. The minimum Gasteiger partial charge on any atom is -0.265 e. The summed E-state index contributed by atoms with van der Waals surface area (Å²) in [5, 5.41) is 0. The first kappa shape index (κ1) is 14.9. The Hall–Kier alpha value is -2.02. The standard InChI is InChI=1S/C15H12F3NO2S/c1-9-2-3-10(16)8-15(9)22(20,21)19-5-4-12-13(18)6-11(17)7-14(12)19/h2-3,6-8H,4-5H2,1H3. The molecule has 0 fully saturated rings. The van der Waals surface area contributed by atoms with E-state index < -0.39 is 27.5 Å². The third kappa shape index (κ3) is 2.25. The first-order valence-corrected chi connectivity index (χ1v) is 8.01. The molecule has 3 rings (SSSR count). The van der Waals surface area contributed by atoms with Crippen molar-refractivity contribution in [2.75, 3.05) is 10.8 Å². The van der Waals surface area contributed by atoms with Crippen LogP contribution in [0.25, 0.3) is 0 Å². The number of nitrogens with zero attached hydrogens (tertiary/aromatic N) is 1. The lowest BCUT2D eigenvalue weighted by Crippen LogP contribution is -2.29. The van der Waals surface area contributed by atoms with E-state index in [0.29, 0.717) is 5.56 Å². The first-order valence-electron chi connectivity index (χ1n) is 6.57. The van der Waals surface area contributed by atoms with Gasteiger partial charge in [-0.05, 0) is 37.1 Å². The number of hydrogen-bond donors (Lipinski definition) is 0. The Morgan fingerprint density at radius 2 is 1.77 bits per heavy atom. The van der Waals surface area contributed by atoms with Gasteiger partial charge in [-0.1, -0.05) is 6.07 Å². The molecule has 0 bridgehead atoms. The van der Waals surface area contributed by atoms with Gasteiger partial charge in [-0.2, -0.15) is 0 Å². The van der Waals surface area contributed by atoms with Crippen LogP contribution in [0.5, 0.6) is 0 Å². The van der Waals surface area contributed by atoms with Crippen molar-refractivity contribution in [3.63, 3.8) is 0 Å². The van der Waals surface area contributed by atoms with Crippen LogP contribution in [-0.4, -0.2) is 15.0 Å². The molecular formula is C15H12F3NO2S. The molecule has 0 N–H and O–H groups in total. The zero-order chi connectivity index (χ0) is 16.1. The molecule has 2 aromatic rings. The third-order valence-corrected chi connectivity index (χ3v) is 5.64. The molecule has 0 unspecified atom stereocenters. The van der Waals surface area contributed by atoms with Crippen LogP contribution in [0, 0.1) is 24.4 Å². The van der Waals surface area contributed by atoms with Crippen LogP contribution >= 0.6 is 0 Å². The molecule has 116 valence electrons. The number of hydrogen-bond acceptors (Lipinski definition) is 2. The van der Waals surface area contributed by atoms with E-state index in [1.165, 1.54) is 13.0 Å². The number of fused-ring (bicyclic) bond motifs is 1. The Morgan fingerprint density at radius 1 is 1.05 bits per heavy atom. The Bertz CT molecular complexity index is 865. The van der Waals surface area contributed by atoms with Crippen molar-refractivity contribution < 1.29 is 21.6 Å². The van der Waals surface area contributed by atoms with Crippen molar-refractivity contribution >= 4 is 15.7 Å². The van der Waals surface area contributed by atoms with Crippen LogP contribution in [-0.2, 0) is 16.4 Å². The molecule has 0 amide bonds. The summed E-state index contributed by atoms with van der Waals surface area (Å²) >= 11 is 0. The van der Waals surface area contributed by atoms with E-state index in [0.717, 1.165) is 28.6 Å². The lowest BCUT2D eigenvalue weighted by Gasteiger charge is -2.21. The summed E-state index contributed by atoms with van der Waals surface area (Å²) in [7, 11) is -4.08. The van der Waals surface area contributed by atoms with Crippen molar-refractivity contribution in [2.24, 2.45) is 0 Å². The Labute approximate surface area is 126 Å². The van der Waals surface area contributed by atoms with Crippen molar-refractivity contribution in [2.45, 2.75) is 18.2 Å². The molecule has 0 aliphatic carbocycles. The largest absolute Gasteiger partial charge is 0.265 e. The van der Waals surface area contributed by atoms with Gasteiger partial charge >= 0.3 is 0 Å². The van der Waals surface area contributed by atoms with Gasteiger partial charge in [0.05, 0.1) is 10.6 Å². The fraction of sp³-hybridized carbons (Fsp3) is 0.200. The predicted octanol–water partition coefficient (Wildman–Crippen LogP) is 3.16. The van der Waals surface area contributed by atoms with Gasteiger partial charge in [0.15, 0.2) is 0 Å². The van der Waals surface area contributed by atoms with Crippen molar-refractivity contribution in [1.29, 1.82) is 0 Å². The number of rotatable bonds is 2. The fourth-order valence-corrected chi connectivity index (χ4v) is 4.34. The van der Waals surface area contributed by atoms with Crippen LogP contribution in [0.1, 0.15) is 11.1 Å². The molecule has 3 nitrogen and oxygen atoms in total. The smallest absolute Gasteiger partial charge is 0.264 e. The van der Waals surface area contributed by atoms with Crippen LogP contribution in [0.2, 0.25) is 0 Å². The van der Waals surface area contributed by atoms with Crippen molar-refractivity contribution in [1.82, 2.24) is 0 Å². The van der Waals surface area contributed by atoms with Gasteiger partial charge in [0, 0.05) is 18.2 Å². The average Bonchev–Trinajstić information content (AvgIpc) is 2.86. The van der Waals surface area contributed by atoms with Gasteiger partial charge in [0.1, 0.15) is 17.5 Å². The van der Waals surface area contributed by atoms with E-state index in [1.807, 2.05) is 0 Å². The molecule has 2 aromatic carbocycles. The molecule has 0 saturated carbocycles. The van der Waals surface area contributed by atoms with Gasteiger partial charge in [-0.3, -0.25) is 4.31 Å². The van der Waals surface area contributed by atoms with Gasteiger partial charge in [-0.25, -0.2) is 21.6 Å². The van der Waals surface area contributed by atoms with E-state index in [-0.39, 0.29) is 29.1 Å². The zero-order valence-electron chi connectivity index (χ0n) is 11.6. The van der Waals surface area contributed by atoms with Crippen LogP contribution in [0.4, 0.5) is 18.9 Å². The molecule has 22 heavy (non-hydrogen) atoms. The topological polar surface area (TPSA) is 37.4 Å². The summed E-state index contributed by atoms with van der Waals surface area (Å²) in [6.45, 7) is 1.53. The summed E-state index contributed by atoms with van der Waals surface area (Å²) in [5.41, 5.74) is 0.493. The number of sulfonamides is 1. The second-order valence-electron chi connectivity index (χ2n) is 5.12.